The minimum atomic E-state index is -1.09. The number of carbonyl (C=O) groups excluding carboxylic acids is 2. The van der Waals surface area contributed by atoms with Gasteiger partial charge in [-0.2, -0.15) is 0 Å². The first kappa shape index (κ1) is 20.0. The van der Waals surface area contributed by atoms with Crippen molar-refractivity contribution in [3.05, 3.63) is 35.9 Å². The van der Waals surface area contributed by atoms with Crippen molar-refractivity contribution in [3.63, 3.8) is 0 Å². The summed E-state index contributed by atoms with van der Waals surface area (Å²) in [7, 11) is 0. The van der Waals surface area contributed by atoms with Gasteiger partial charge in [0.25, 0.3) is 0 Å². The SMILES string of the molecule is CC(C)(C)OC(=O)N1CC[C@H]2[C@@H]1CN(C(=O)OCc1ccccc1)[C@H]2C(=O)O. The average molecular weight is 390 g/mol. The zero-order valence-electron chi connectivity index (χ0n) is 16.3. The second kappa shape index (κ2) is 7.69. The summed E-state index contributed by atoms with van der Waals surface area (Å²) in [5, 5.41) is 9.69. The van der Waals surface area contributed by atoms with E-state index in [9.17, 15) is 19.5 Å². The van der Waals surface area contributed by atoms with Crippen LogP contribution in [0.25, 0.3) is 0 Å². The predicted octanol–water partition coefficient (Wildman–Crippen LogP) is 2.72. The molecule has 2 saturated heterocycles. The van der Waals surface area contributed by atoms with Gasteiger partial charge in [-0.15, -0.1) is 0 Å². The van der Waals surface area contributed by atoms with Crippen molar-refractivity contribution >= 4 is 18.2 Å². The number of rotatable bonds is 3. The highest BCUT2D eigenvalue weighted by Crippen LogP contribution is 2.37. The molecule has 0 unspecified atom stereocenters. The van der Waals surface area contributed by atoms with Crippen molar-refractivity contribution in [3.8, 4) is 0 Å². The molecule has 0 aromatic heterocycles. The Kier molecular flexibility index (Phi) is 5.49. The van der Waals surface area contributed by atoms with E-state index in [0.29, 0.717) is 13.0 Å². The van der Waals surface area contributed by atoms with E-state index in [1.807, 2.05) is 30.3 Å². The van der Waals surface area contributed by atoms with Crippen LogP contribution in [0.5, 0.6) is 0 Å². The summed E-state index contributed by atoms with van der Waals surface area (Å²) in [6, 6.07) is 7.78. The van der Waals surface area contributed by atoms with Crippen molar-refractivity contribution in [1.29, 1.82) is 0 Å². The smallest absolute Gasteiger partial charge is 0.410 e. The average Bonchev–Trinajstić information content (AvgIpc) is 3.17. The quantitative estimate of drug-likeness (QED) is 0.852. The van der Waals surface area contributed by atoms with Crippen molar-refractivity contribution in [2.45, 2.75) is 51.5 Å². The molecule has 0 spiro atoms. The summed E-state index contributed by atoms with van der Waals surface area (Å²) >= 11 is 0. The summed E-state index contributed by atoms with van der Waals surface area (Å²) in [5.41, 5.74) is 0.173. The highest BCUT2D eigenvalue weighted by Gasteiger charge is 2.55. The third kappa shape index (κ3) is 4.21. The molecule has 0 aliphatic carbocycles. The molecule has 2 amide bonds. The summed E-state index contributed by atoms with van der Waals surface area (Å²) in [6.45, 7) is 5.93. The van der Waals surface area contributed by atoms with Crippen LogP contribution in [0.1, 0.15) is 32.8 Å². The lowest BCUT2D eigenvalue weighted by Gasteiger charge is -2.28. The number of carbonyl (C=O) groups is 3. The second-order valence-electron chi connectivity index (χ2n) is 8.17. The maximum absolute atomic E-state index is 12.6. The molecule has 152 valence electrons. The Morgan fingerprint density at radius 1 is 1.11 bits per heavy atom. The Morgan fingerprint density at radius 2 is 1.79 bits per heavy atom. The van der Waals surface area contributed by atoms with Crippen LogP contribution in [0, 0.1) is 5.92 Å². The summed E-state index contributed by atoms with van der Waals surface area (Å²) in [6.07, 6.45) is -0.665. The largest absolute Gasteiger partial charge is 0.480 e. The van der Waals surface area contributed by atoms with Crippen molar-refractivity contribution in [1.82, 2.24) is 9.80 Å². The molecule has 1 N–H and O–H groups in total. The number of hydrogen-bond donors (Lipinski definition) is 1. The number of aliphatic carboxylic acids is 1. The number of hydrogen-bond acceptors (Lipinski definition) is 5. The second-order valence-corrected chi connectivity index (χ2v) is 8.17. The van der Waals surface area contributed by atoms with Crippen LogP contribution in [0.2, 0.25) is 0 Å². The molecule has 1 aromatic carbocycles. The summed E-state index contributed by atoms with van der Waals surface area (Å²) in [5.74, 6) is -1.43. The topological polar surface area (TPSA) is 96.4 Å². The number of ether oxygens (including phenoxy) is 2. The third-order valence-electron chi connectivity index (χ3n) is 5.04. The molecular formula is C20H26N2O6. The Labute approximate surface area is 164 Å². The maximum atomic E-state index is 12.6. The molecular weight excluding hydrogens is 364 g/mol. The first-order chi connectivity index (χ1) is 13.2. The molecule has 1 aromatic rings. The molecule has 3 rings (SSSR count). The molecule has 8 nitrogen and oxygen atoms in total. The molecule has 28 heavy (non-hydrogen) atoms. The third-order valence-corrected chi connectivity index (χ3v) is 5.04. The van der Waals surface area contributed by atoms with Gasteiger partial charge in [0, 0.05) is 19.0 Å². The van der Waals surface area contributed by atoms with Gasteiger partial charge < -0.3 is 19.5 Å². The Bertz CT molecular complexity index is 745. The van der Waals surface area contributed by atoms with Crippen LogP contribution in [-0.4, -0.2) is 63.8 Å². The zero-order chi connectivity index (χ0) is 20.5. The number of nitrogens with zero attached hydrogens (tertiary/aromatic N) is 2. The molecule has 2 heterocycles. The van der Waals surface area contributed by atoms with Gasteiger partial charge in [-0.25, -0.2) is 14.4 Å². The van der Waals surface area contributed by atoms with Crippen molar-refractivity contribution in [2.24, 2.45) is 5.92 Å². The van der Waals surface area contributed by atoms with E-state index in [2.05, 4.69) is 0 Å². The molecule has 3 atom stereocenters. The number of carboxylic acid groups (broad SMARTS) is 1. The lowest BCUT2D eigenvalue weighted by Crippen LogP contribution is -2.44. The van der Waals surface area contributed by atoms with E-state index in [-0.39, 0.29) is 25.1 Å². The first-order valence-corrected chi connectivity index (χ1v) is 9.37. The molecule has 0 bridgehead atoms. The van der Waals surface area contributed by atoms with E-state index in [0.717, 1.165) is 5.56 Å². The normalized spacial score (nSPS) is 24.0. The van der Waals surface area contributed by atoms with Crippen molar-refractivity contribution in [2.75, 3.05) is 13.1 Å². The van der Waals surface area contributed by atoms with Gasteiger partial charge in [0.2, 0.25) is 0 Å². The lowest BCUT2D eigenvalue weighted by atomic mass is 9.96. The number of fused-ring (bicyclic) bond motifs is 1. The van der Waals surface area contributed by atoms with E-state index < -0.39 is 29.8 Å². The molecule has 8 heteroatoms. The Balaban J connectivity index is 1.70. The summed E-state index contributed by atoms with van der Waals surface area (Å²) in [4.78, 5) is 39.7. The number of benzene rings is 1. The molecule has 2 aliphatic heterocycles. The predicted molar refractivity (Wildman–Crippen MR) is 99.6 cm³/mol. The van der Waals surface area contributed by atoms with Gasteiger partial charge in [-0.05, 0) is 32.8 Å². The van der Waals surface area contributed by atoms with Crippen LogP contribution in [0.15, 0.2) is 30.3 Å². The molecule has 0 saturated carbocycles. The van der Waals surface area contributed by atoms with Crippen LogP contribution in [-0.2, 0) is 20.9 Å². The van der Waals surface area contributed by atoms with E-state index >= 15 is 0 Å². The van der Waals surface area contributed by atoms with Crippen LogP contribution in [0.4, 0.5) is 9.59 Å². The number of amides is 2. The van der Waals surface area contributed by atoms with E-state index in [1.54, 1.807) is 20.8 Å². The maximum Gasteiger partial charge on any atom is 0.410 e. The molecule has 0 radical (unpaired) electrons. The van der Waals surface area contributed by atoms with Crippen molar-refractivity contribution < 1.29 is 29.0 Å². The zero-order valence-corrected chi connectivity index (χ0v) is 16.3. The van der Waals surface area contributed by atoms with Gasteiger partial charge >= 0.3 is 18.2 Å². The Hall–Kier alpha value is -2.77. The number of likely N-dealkylation sites (tertiary alicyclic amines) is 2. The fourth-order valence-electron chi connectivity index (χ4n) is 3.88. The van der Waals surface area contributed by atoms with Gasteiger partial charge in [0.15, 0.2) is 0 Å². The molecule has 2 fully saturated rings. The fourth-order valence-corrected chi connectivity index (χ4v) is 3.88. The highest BCUT2D eigenvalue weighted by molar-refractivity contribution is 5.82. The van der Waals surface area contributed by atoms with Crippen LogP contribution >= 0.6 is 0 Å². The minimum Gasteiger partial charge on any atom is -0.480 e. The minimum absolute atomic E-state index is 0.0631. The van der Waals surface area contributed by atoms with Crippen LogP contribution in [0.3, 0.4) is 0 Å². The van der Waals surface area contributed by atoms with Gasteiger partial charge in [-0.3, -0.25) is 4.90 Å². The van der Waals surface area contributed by atoms with Crippen LogP contribution < -0.4 is 0 Å². The monoisotopic (exact) mass is 390 g/mol. The number of carboxylic acids is 1. The molecule has 2 aliphatic rings. The van der Waals surface area contributed by atoms with Gasteiger partial charge in [0.05, 0.1) is 6.04 Å². The highest BCUT2D eigenvalue weighted by atomic mass is 16.6. The van der Waals surface area contributed by atoms with E-state index in [1.165, 1.54) is 9.80 Å². The summed E-state index contributed by atoms with van der Waals surface area (Å²) < 4.78 is 10.8. The van der Waals surface area contributed by atoms with Gasteiger partial charge in [0.1, 0.15) is 18.2 Å². The lowest BCUT2D eigenvalue weighted by molar-refractivity contribution is -0.143. The van der Waals surface area contributed by atoms with Gasteiger partial charge in [-0.1, -0.05) is 30.3 Å². The Morgan fingerprint density at radius 3 is 2.39 bits per heavy atom. The fraction of sp³-hybridized carbons (Fsp3) is 0.550. The standard InChI is InChI=1S/C20H26N2O6/c1-20(2,3)28-19(26)21-10-9-14-15(21)11-22(16(14)17(23)24)18(25)27-12-13-7-5-4-6-8-13/h4-8,14-16H,9-12H2,1-3H3,(H,23,24)/t14-,15-,16+/m0/s1. The first-order valence-electron chi connectivity index (χ1n) is 9.37. The van der Waals surface area contributed by atoms with E-state index in [4.69, 9.17) is 9.47 Å².